The summed E-state index contributed by atoms with van der Waals surface area (Å²) in [5.41, 5.74) is 1.73. The molecule has 0 aliphatic carbocycles. The van der Waals surface area contributed by atoms with Crippen LogP contribution in [0.15, 0.2) is 48.7 Å². The number of hydrogen-bond donors (Lipinski definition) is 3. The fourth-order valence-electron chi connectivity index (χ4n) is 2.93. The third kappa shape index (κ3) is 4.02. The lowest BCUT2D eigenvalue weighted by molar-refractivity contribution is 0.241. The maximum absolute atomic E-state index is 12.3. The predicted octanol–water partition coefficient (Wildman–Crippen LogP) is 2.36. The topological polar surface area (TPSA) is 75.3 Å². The van der Waals surface area contributed by atoms with Crippen molar-refractivity contribution in [3.05, 3.63) is 54.4 Å². The molecule has 3 N–H and O–H groups in total. The first-order valence-corrected chi connectivity index (χ1v) is 8.09. The number of hydrogen-bond acceptors (Lipinski definition) is 4. The Balaban J connectivity index is 1.66. The van der Waals surface area contributed by atoms with Crippen LogP contribution in [0.5, 0.6) is 5.75 Å². The molecule has 1 aliphatic heterocycles. The molecule has 2 aromatic rings. The molecule has 6 heteroatoms. The van der Waals surface area contributed by atoms with Gasteiger partial charge in [0.2, 0.25) is 0 Å². The molecule has 3 rings (SSSR count). The first-order valence-electron chi connectivity index (χ1n) is 8.09. The molecule has 1 saturated heterocycles. The molecule has 6 nitrogen and oxygen atoms in total. The molecule has 2 atom stereocenters. The Labute approximate surface area is 141 Å². The number of pyridine rings is 1. The summed E-state index contributed by atoms with van der Waals surface area (Å²) in [6.45, 7) is 1.67. The van der Waals surface area contributed by atoms with Crippen molar-refractivity contribution >= 4 is 11.7 Å². The lowest BCUT2D eigenvalue weighted by atomic mass is 9.90. The van der Waals surface area contributed by atoms with Gasteiger partial charge in [-0.05, 0) is 37.2 Å². The number of para-hydroxylation sites is 1. The number of nitrogens with zero attached hydrogens (tertiary/aromatic N) is 1. The molecule has 1 aliphatic rings. The molecule has 1 aromatic heterocycles. The molecule has 1 aromatic carbocycles. The van der Waals surface area contributed by atoms with Gasteiger partial charge in [-0.1, -0.05) is 18.2 Å². The number of nitrogens with one attached hydrogen (secondary N) is 3. The molecule has 0 radical (unpaired) electrons. The maximum Gasteiger partial charge on any atom is 0.319 e. The van der Waals surface area contributed by atoms with Gasteiger partial charge in [0.05, 0.1) is 13.3 Å². The average molecular weight is 326 g/mol. The van der Waals surface area contributed by atoms with E-state index in [-0.39, 0.29) is 18.0 Å². The van der Waals surface area contributed by atoms with E-state index in [1.54, 1.807) is 13.3 Å². The highest BCUT2D eigenvalue weighted by Gasteiger charge is 2.28. The second-order valence-corrected chi connectivity index (χ2v) is 5.79. The Bertz CT molecular complexity index is 660. The summed E-state index contributed by atoms with van der Waals surface area (Å²) < 4.78 is 5.16. The van der Waals surface area contributed by atoms with E-state index in [9.17, 15) is 4.79 Å². The minimum atomic E-state index is -0.188. The van der Waals surface area contributed by atoms with Gasteiger partial charge < -0.3 is 20.7 Å². The number of carbonyl (C=O) groups excluding carboxylic acids is 1. The Morgan fingerprint density at radius 3 is 2.79 bits per heavy atom. The standard InChI is InChI=1S/C18H22N4O2/c1-24-14-7-8-16(20-11-14)15-12-19-10-9-17(15)22-18(23)21-13-5-3-2-4-6-13/h2-8,11,15,17,19H,9-10,12H2,1H3,(H2,21,22,23). The number of urea groups is 1. The summed E-state index contributed by atoms with van der Waals surface area (Å²) in [5.74, 6) is 0.861. The molecule has 126 valence electrons. The van der Waals surface area contributed by atoms with Gasteiger partial charge in [0, 0.05) is 29.9 Å². The van der Waals surface area contributed by atoms with E-state index in [0.717, 1.165) is 36.6 Å². The van der Waals surface area contributed by atoms with E-state index in [1.165, 1.54) is 0 Å². The Kier molecular flexibility index (Phi) is 5.28. The Morgan fingerprint density at radius 2 is 2.08 bits per heavy atom. The Morgan fingerprint density at radius 1 is 1.25 bits per heavy atom. The van der Waals surface area contributed by atoms with E-state index in [4.69, 9.17) is 4.74 Å². The molecule has 0 saturated carbocycles. The first-order chi connectivity index (χ1) is 11.8. The minimum Gasteiger partial charge on any atom is -0.495 e. The third-order valence-corrected chi connectivity index (χ3v) is 4.21. The lowest BCUT2D eigenvalue weighted by Gasteiger charge is -2.32. The molecular formula is C18H22N4O2. The highest BCUT2D eigenvalue weighted by atomic mass is 16.5. The van der Waals surface area contributed by atoms with Crippen molar-refractivity contribution in [3.63, 3.8) is 0 Å². The summed E-state index contributed by atoms with van der Waals surface area (Å²) in [6.07, 6.45) is 2.58. The molecule has 2 unspecified atom stereocenters. The number of anilines is 1. The maximum atomic E-state index is 12.3. The molecule has 0 spiro atoms. The van der Waals surface area contributed by atoms with Crippen molar-refractivity contribution in [1.29, 1.82) is 0 Å². The van der Waals surface area contributed by atoms with E-state index >= 15 is 0 Å². The molecular weight excluding hydrogens is 304 g/mol. The predicted molar refractivity (Wildman–Crippen MR) is 93.4 cm³/mol. The fraction of sp³-hybridized carbons (Fsp3) is 0.333. The van der Waals surface area contributed by atoms with Crippen LogP contribution in [-0.2, 0) is 0 Å². The molecule has 2 heterocycles. The van der Waals surface area contributed by atoms with Crippen LogP contribution in [0, 0.1) is 0 Å². The largest absolute Gasteiger partial charge is 0.495 e. The van der Waals surface area contributed by atoms with Crippen LogP contribution in [0.4, 0.5) is 10.5 Å². The van der Waals surface area contributed by atoms with Gasteiger partial charge in [-0.2, -0.15) is 0 Å². The van der Waals surface area contributed by atoms with E-state index in [1.807, 2.05) is 42.5 Å². The highest BCUT2D eigenvalue weighted by molar-refractivity contribution is 5.89. The zero-order chi connectivity index (χ0) is 16.8. The van der Waals surface area contributed by atoms with Crippen molar-refractivity contribution in [3.8, 4) is 5.75 Å². The van der Waals surface area contributed by atoms with Gasteiger partial charge in [0.25, 0.3) is 0 Å². The molecule has 2 amide bonds. The second kappa shape index (κ2) is 7.79. The lowest BCUT2D eigenvalue weighted by Crippen LogP contribution is -2.49. The van der Waals surface area contributed by atoms with Crippen LogP contribution >= 0.6 is 0 Å². The number of ether oxygens (including phenoxy) is 1. The first kappa shape index (κ1) is 16.3. The number of methoxy groups -OCH3 is 1. The zero-order valence-electron chi connectivity index (χ0n) is 13.7. The van der Waals surface area contributed by atoms with Gasteiger partial charge >= 0.3 is 6.03 Å². The van der Waals surface area contributed by atoms with Crippen LogP contribution < -0.4 is 20.7 Å². The summed E-state index contributed by atoms with van der Waals surface area (Å²) in [5, 5.41) is 9.32. The van der Waals surface area contributed by atoms with Crippen LogP contribution in [0.2, 0.25) is 0 Å². The summed E-state index contributed by atoms with van der Waals surface area (Å²) in [7, 11) is 1.62. The summed E-state index contributed by atoms with van der Waals surface area (Å²) in [4.78, 5) is 16.8. The number of amides is 2. The number of benzene rings is 1. The van der Waals surface area contributed by atoms with Crippen LogP contribution in [0.1, 0.15) is 18.0 Å². The number of carbonyl (C=O) groups is 1. The van der Waals surface area contributed by atoms with E-state index < -0.39 is 0 Å². The quantitative estimate of drug-likeness (QED) is 0.806. The van der Waals surface area contributed by atoms with Crippen molar-refractivity contribution in [1.82, 2.24) is 15.6 Å². The highest BCUT2D eigenvalue weighted by Crippen LogP contribution is 2.23. The number of piperidine rings is 1. The fourth-order valence-corrected chi connectivity index (χ4v) is 2.93. The normalized spacial score (nSPS) is 20.2. The molecule has 1 fully saturated rings. The average Bonchev–Trinajstić information content (AvgIpc) is 2.63. The number of rotatable bonds is 4. The minimum absolute atomic E-state index is 0.0378. The Hall–Kier alpha value is -2.60. The van der Waals surface area contributed by atoms with Gasteiger partial charge in [0.1, 0.15) is 5.75 Å². The monoisotopic (exact) mass is 326 g/mol. The smallest absolute Gasteiger partial charge is 0.319 e. The molecule has 0 bridgehead atoms. The van der Waals surface area contributed by atoms with Gasteiger partial charge in [-0.25, -0.2) is 4.79 Å². The summed E-state index contributed by atoms with van der Waals surface area (Å²) >= 11 is 0. The van der Waals surface area contributed by atoms with E-state index in [2.05, 4.69) is 20.9 Å². The van der Waals surface area contributed by atoms with Crippen LogP contribution in [0.3, 0.4) is 0 Å². The van der Waals surface area contributed by atoms with Gasteiger partial charge in [0.15, 0.2) is 0 Å². The van der Waals surface area contributed by atoms with Crippen molar-refractivity contribution in [2.45, 2.75) is 18.4 Å². The number of aromatic nitrogens is 1. The van der Waals surface area contributed by atoms with Crippen molar-refractivity contribution in [2.75, 3.05) is 25.5 Å². The van der Waals surface area contributed by atoms with Crippen LogP contribution in [-0.4, -0.2) is 37.3 Å². The van der Waals surface area contributed by atoms with Crippen LogP contribution in [0.25, 0.3) is 0 Å². The summed E-state index contributed by atoms with van der Waals surface area (Å²) in [6, 6.07) is 13.1. The van der Waals surface area contributed by atoms with Gasteiger partial charge in [-0.15, -0.1) is 0 Å². The zero-order valence-corrected chi connectivity index (χ0v) is 13.7. The van der Waals surface area contributed by atoms with E-state index in [0.29, 0.717) is 0 Å². The third-order valence-electron chi connectivity index (χ3n) is 4.21. The van der Waals surface area contributed by atoms with Crippen molar-refractivity contribution < 1.29 is 9.53 Å². The SMILES string of the molecule is COc1ccc(C2CNCCC2NC(=O)Nc2ccccc2)nc1. The second-order valence-electron chi connectivity index (χ2n) is 5.79. The van der Waals surface area contributed by atoms with Gasteiger partial charge in [-0.3, -0.25) is 4.98 Å². The van der Waals surface area contributed by atoms with Crippen molar-refractivity contribution in [2.24, 2.45) is 0 Å². The molecule has 24 heavy (non-hydrogen) atoms.